The molecule has 0 fully saturated rings. The minimum atomic E-state index is -3.47. The van der Waals surface area contributed by atoms with Crippen LogP contribution < -0.4 is 14.8 Å². The van der Waals surface area contributed by atoms with E-state index >= 15 is 0 Å². The van der Waals surface area contributed by atoms with Gasteiger partial charge in [0.2, 0.25) is 10.0 Å². The van der Waals surface area contributed by atoms with Gasteiger partial charge in [0.25, 0.3) is 5.91 Å². The van der Waals surface area contributed by atoms with Crippen molar-refractivity contribution >= 4 is 21.6 Å². The second kappa shape index (κ2) is 8.23. The monoisotopic (exact) mass is 376 g/mol. The standard InChI is InChI=1S/C19H24N2O4S/c1-13-8-9-17(21-26(4,23)24)16(12-13)19(22)20-10-11-25-18-14(2)6-5-7-15(18)3/h5-9,12,21H,10-11H2,1-4H3,(H,20,22). The Morgan fingerprint density at radius 1 is 1.08 bits per heavy atom. The smallest absolute Gasteiger partial charge is 0.253 e. The van der Waals surface area contributed by atoms with Gasteiger partial charge in [-0.2, -0.15) is 0 Å². The number of hydrogen-bond acceptors (Lipinski definition) is 4. The van der Waals surface area contributed by atoms with Gasteiger partial charge in [0.05, 0.1) is 24.1 Å². The average molecular weight is 376 g/mol. The van der Waals surface area contributed by atoms with Gasteiger partial charge in [-0.05, 0) is 44.0 Å². The molecule has 2 rings (SSSR count). The number of hydrogen-bond donors (Lipinski definition) is 2. The normalized spacial score (nSPS) is 11.1. The van der Waals surface area contributed by atoms with Crippen molar-refractivity contribution in [3.8, 4) is 5.75 Å². The number of nitrogens with one attached hydrogen (secondary N) is 2. The Balaban J connectivity index is 2.01. The molecular weight excluding hydrogens is 352 g/mol. The summed E-state index contributed by atoms with van der Waals surface area (Å²) < 4.78 is 31.1. The van der Waals surface area contributed by atoms with Crippen LogP contribution >= 0.6 is 0 Å². The van der Waals surface area contributed by atoms with Crippen LogP contribution in [0.2, 0.25) is 0 Å². The molecule has 26 heavy (non-hydrogen) atoms. The van der Waals surface area contributed by atoms with Crippen molar-refractivity contribution in [3.05, 3.63) is 58.7 Å². The van der Waals surface area contributed by atoms with Gasteiger partial charge in [0.15, 0.2) is 0 Å². The van der Waals surface area contributed by atoms with E-state index in [-0.39, 0.29) is 17.2 Å². The second-order valence-electron chi connectivity index (χ2n) is 6.25. The SMILES string of the molecule is Cc1ccc(NS(C)(=O)=O)c(C(=O)NCCOc2c(C)cccc2C)c1. The van der Waals surface area contributed by atoms with E-state index in [2.05, 4.69) is 10.0 Å². The van der Waals surface area contributed by atoms with E-state index in [9.17, 15) is 13.2 Å². The molecule has 0 radical (unpaired) electrons. The third-order valence-electron chi connectivity index (χ3n) is 3.76. The lowest BCUT2D eigenvalue weighted by Crippen LogP contribution is -2.29. The Morgan fingerprint density at radius 3 is 2.35 bits per heavy atom. The molecule has 6 nitrogen and oxygen atoms in total. The first-order chi connectivity index (χ1) is 12.2. The summed E-state index contributed by atoms with van der Waals surface area (Å²) >= 11 is 0. The van der Waals surface area contributed by atoms with E-state index in [0.29, 0.717) is 13.2 Å². The highest BCUT2D eigenvalue weighted by Gasteiger charge is 2.14. The lowest BCUT2D eigenvalue weighted by Gasteiger charge is -2.14. The van der Waals surface area contributed by atoms with E-state index in [0.717, 1.165) is 28.7 Å². The first kappa shape index (κ1) is 19.8. The van der Waals surface area contributed by atoms with Crippen LogP contribution in [-0.2, 0) is 10.0 Å². The lowest BCUT2D eigenvalue weighted by atomic mass is 10.1. The van der Waals surface area contributed by atoms with Crippen molar-refractivity contribution in [3.63, 3.8) is 0 Å². The fourth-order valence-corrected chi connectivity index (χ4v) is 3.15. The number of rotatable bonds is 7. The molecule has 0 aliphatic heterocycles. The molecule has 7 heteroatoms. The summed E-state index contributed by atoms with van der Waals surface area (Å²) in [5.41, 5.74) is 3.47. The molecule has 0 bridgehead atoms. The van der Waals surface area contributed by atoms with Crippen molar-refractivity contribution in [1.82, 2.24) is 5.32 Å². The zero-order valence-corrected chi connectivity index (χ0v) is 16.2. The van der Waals surface area contributed by atoms with Gasteiger partial charge >= 0.3 is 0 Å². The van der Waals surface area contributed by atoms with E-state index in [1.54, 1.807) is 18.2 Å². The predicted molar refractivity (Wildman–Crippen MR) is 103 cm³/mol. The molecule has 2 N–H and O–H groups in total. The second-order valence-corrected chi connectivity index (χ2v) is 8.00. The topological polar surface area (TPSA) is 84.5 Å². The number of sulfonamides is 1. The van der Waals surface area contributed by atoms with Crippen LogP contribution in [0.3, 0.4) is 0 Å². The zero-order valence-electron chi connectivity index (χ0n) is 15.4. The summed E-state index contributed by atoms with van der Waals surface area (Å²) in [5, 5.41) is 2.76. The molecule has 0 aliphatic carbocycles. The molecule has 1 amide bonds. The van der Waals surface area contributed by atoms with Crippen molar-refractivity contribution in [2.75, 3.05) is 24.1 Å². The summed E-state index contributed by atoms with van der Waals surface area (Å²) in [6.45, 7) is 6.40. The van der Waals surface area contributed by atoms with Crippen molar-refractivity contribution in [2.45, 2.75) is 20.8 Å². The van der Waals surface area contributed by atoms with Gasteiger partial charge in [0.1, 0.15) is 12.4 Å². The molecule has 140 valence electrons. The number of carbonyl (C=O) groups excluding carboxylic acids is 1. The van der Waals surface area contributed by atoms with E-state index < -0.39 is 10.0 Å². The molecule has 0 atom stereocenters. The summed E-state index contributed by atoms with van der Waals surface area (Å²) in [4.78, 5) is 12.4. The number of anilines is 1. The van der Waals surface area contributed by atoms with Crippen LogP contribution in [0.1, 0.15) is 27.0 Å². The number of benzene rings is 2. The van der Waals surface area contributed by atoms with Crippen LogP contribution in [-0.4, -0.2) is 33.7 Å². The van der Waals surface area contributed by atoms with E-state index in [1.165, 1.54) is 0 Å². The van der Waals surface area contributed by atoms with Crippen LogP contribution in [0.4, 0.5) is 5.69 Å². The maximum Gasteiger partial charge on any atom is 0.253 e. The first-order valence-corrected chi connectivity index (χ1v) is 10.1. The maximum absolute atomic E-state index is 12.4. The Hall–Kier alpha value is -2.54. The summed E-state index contributed by atoms with van der Waals surface area (Å²) in [6, 6.07) is 10.9. The van der Waals surface area contributed by atoms with Gasteiger partial charge in [-0.3, -0.25) is 9.52 Å². The number of ether oxygens (including phenoxy) is 1. The van der Waals surface area contributed by atoms with E-state index in [4.69, 9.17) is 4.74 Å². The molecular formula is C19H24N2O4S. The van der Waals surface area contributed by atoms with Crippen LogP contribution in [0, 0.1) is 20.8 Å². The highest BCUT2D eigenvalue weighted by Crippen LogP contribution is 2.22. The van der Waals surface area contributed by atoms with Crippen molar-refractivity contribution in [1.29, 1.82) is 0 Å². The van der Waals surface area contributed by atoms with E-state index in [1.807, 2.05) is 39.0 Å². The van der Waals surface area contributed by atoms with Gasteiger partial charge < -0.3 is 10.1 Å². The van der Waals surface area contributed by atoms with Gasteiger partial charge in [-0.25, -0.2) is 8.42 Å². The van der Waals surface area contributed by atoms with Gasteiger partial charge in [0, 0.05) is 0 Å². The number of para-hydroxylation sites is 1. The van der Waals surface area contributed by atoms with Crippen LogP contribution in [0.25, 0.3) is 0 Å². The number of aryl methyl sites for hydroxylation is 3. The fourth-order valence-electron chi connectivity index (χ4n) is 2.57. The van der Waals surface area contributed by atoms with Crippen molar-refractivity contribution < 1.29 is 17.9 Å². The number of amides is 1. The minimum absolute atomic E-state index is 0.256. The maximum atomic E-state index is 12.4. The molecule has 0 saturated heterocycles. The highest BCUT2D eigenvalue weighted by molar-refractivity contribution is 7.92. The molecule has 0 aliphatic rings. The third-order valence-corrected chi connectivity index (χ3v) is 4.35. The Morgan fingerprint density at radius 2 is 1.73 bits per heavy atom. The van der Waals surface area contributed by atoms with Crippen LogP contribution in [0.15, 0.2) is 36.4 Å². The Bertz CT molecular complexity index is 888. The quantitative estimate of drug-likeness (QED) is 0.728. The number of carbonyl (C=O) groups is 1. The molecule has 2 aromatic carbocycles. The lowest BCUT2D eigenvalue weighted by molar-refractivity contribution is 0.0947. The van der Waals surface area contributed by atoms with Gasteiger partial charge in [-0.15, -0.1) is 0 Å². The Kier molecular flexibility index (Phi) is 6.26. The molecule has 0 unspecified atom stereocenters. The minimum Gasteiger partial charge on any atom is -0.491 e. The zero-order chi connectivity index (χ0) is 19.3. The predicted octanol–water partition coefficient (Wildman–Crippen LogP) is 2.79. The summed E-state index contributed by atoms with van der Waals surface area (Å²) in [6.07, 6.45) is 1.05. The fraction of sp³-hybridized carbons (Fsp3) is 0.316. The molecule has 0 heterocycles. The summed E-state index contributed by atoms with van der Waals surface area (Å²) in [7, 11) is -3.47. The van der Waals surface area contributed by atoms with Crippen molar-refractivity contribution in [2.24, 2.45) is 0 Å². The largest absolute Gasteiger partial charge is 0.491 e. The third kappa shape index (κ3) is 5.49. The first-order valence-electron chi connectivity index (χ1n) is 8.23. The average Bonchev–Trinajstić information content (AvgIpc) is 2.54. The van der Waals surface area contributed by atoms with Crippen LogP contribution in [0.5, 0.6) is 5.75 Å². The Labute approximate surface area is 154 Å². The highest BCUT2D eigenvalue weighted by atomic mass is 32.2. The van der Waals surface area contributed by atoms with Gasteiger partial charge in [-0.1, -0.05) is 29.8 Å². The molecule has 2 aromatic rings. The molecule has 0 aromatic heterocycles. The molecule has 0 spiro atoms. The summed E-state index contributed by atoms with van der Waals surface area (Å²) in [5.74, 6) is 0.460. The molecule has 0 saturated carbocycles.